The third-order valence-electron chi connectivity index (χ3n) is 3.31. The summed E-state index contributed by atoms with van der Waals surface area (Å²) in [7, 11) is 0. The molecule has 0 radical (unpaired) electrons. The van der Waals surface area contributed by atoms with Crippen molar-refractivity contribution in [2.24, 2.45) is 0 Å². The second-order valence-electron chi connectivity index (χ2n) is 5.52. The highest BCUT2D eigenvalue weighted by molar-refractivity contribution is 5.69. The highest BCUT2D eigenvalue weighted by atomic mass is 16.8. The molecule has 2 fully saturated rings. The molecular weight excluding hydrogens is 268 g/mol. The van der Waals surface area contributed by atoms with Gasteiger partial charge < -0.3 is 29.2 Å². The maximum Gasteiger partial charge on any atom is 0.306 e. The highest BCUT2D eigenvalue weighted by Gasteiger charge is 2.58. The van der Waals surface area contributed by atoms with Crippen molar-refractivity contribution in [3.63, 3.8) is 0 Å². The van der Waals surface area contributed by atoms with Gasteiger partial charge in [-0.1, -0.05) is 6.92 Å². The summed E-state index contributed by atoms with van der Waals surface area (Å²) in [6, 6.07) is 0. The molecule has 0 bridgehead atoms. The maximum atomic E-state index is 11.7. The fourth-order valence-electron chi connectivity index (χ4n) is 2.47. The maximum absolute atomic E-state index is 11.7. The molecule has 116 valence electrons. The van der Waals surface area contributed by atoms with Crippen LogP contribution in [0, 0.1) is 0 Å². The number of carbonyl (C=O) groups excluding carboxylic acids is 1. The Bertz CT molecular complexity index is 357. The Morgan fingerprint density at radius 3 is 2.70 bits per heavy atom. The van der Waals surface area contributed by atoms with Gasteiger partial charge in [-0.2, -0.15) is 0 Å². The molecule has 2 aliphatic rings. The van der Waals surface area contributed by atoms with Gasteiger partial charge >= 0.3 is 5.97 Å². The molecule has 0 aromatic heterocycles. The molecule has 2 N–H and O–H groups in total. The van der Waals surface area contributed by atoms with E-state index in [1.54, 1.807) is 13.8 Å². The molecule has 0 aliphatic carbocycles. The van der Waals surface area contributed by atoms with Gasteiger partial charge in [0.25, 0.3) is 0 Å². The number of carbonyl (C=O) groups is 1. The number of hydrogen-bond acceptors (Lipinski definition) is 7. The van der Waals surface area contributed by atoms with Crippen LogP contribution >= 0.6 is 0 Å². The number of ether oxygens (including phenoxy) is 4. The van der Waals surface area contributed by atoms with Crippen LogP contribution in [0.2, 0.25) is 0 Å². The summed E-state index contributed by atoms with van der Waals surface area (Å²) in [5.41, 5.74) is 0. The zero-order valence-electron chi connectivity index (χ0n) is 11.9. The van der Waals surface area contributed by atoms with E-state index in [4.69, 9.17) is 24.1 Å². The number of hydrogen-bond donors (Lipinski definition) is 2. The minimum atomic E-state index is -1.16. The van der Waals surface area contributed by atoms with Gasteiger partial charge in [0.05, 0.1) is 6.61 Å². The standard InChI is InChI=1S/C13H22O7/c1-4-5-8(16)17-10-9(7(15)6-14)18-12-11(10)19-13(2,3)20-12/h7,9-12,14-15H,4-6H2,1-3H3/t7-,9-,10+,11-,12+/m1/s1. The summed E-state index contributed by atoms with van der Waals surface area (Å²) in [6.07, 6.45) is -3.17. The second-order valence-corrected chi connectivity index (χ2v) is 5.52. The van der Waals surface area contributed by atoms with Gasteiger partial charge in [-0.25, -0.2) is 0 Å². The van der Waals surface area contributed by atoms with Crippen molar-refractivity contribution in [3.8, 4) is 0 Å². The van der Waals surface area contributed by atoms with Gasteiger partial charge in [0.1, 0.15) is 12.2 Å². The van der Waals surface area contributed by atoms with Crippen LogP contribution < -0.4 is 0 Å². The van der Waals surface area contributed by atoms with Crippen molar-refractivity contribution in [2.45, 2.75) is 70.1 Å². The largest absolute Gasteiger partial charge is 0.456 e. The summed E-state index contributed by atoms with van der Waals surface area (Å²) in [5.74, 6) is -1.22. The number of fused-ring (bicyclic) bond motifs is 1. The van der Waals surface area contributed by atoms with E-state index in [2.05, 4.69) is 0 Å². The summed E-state index contributed by atoms with van der Waals surface area (Å²) >= 11 is 0. The lowest BCUT2D eigenvalue weighted by Gasteiger charge is -2.27. The Balaban J connectivity index is 2.10. The van der Waals surface area contributed by atoms with Crippen molar-refractivity contribution in [1.29, 1.82) is 0 Å². The number of esters is 1. The topological polar surface area (TPSA) is 94.5 Å². The second kappa shape index (κ2) is 5.95. The van der Waals surface area contributed by atoms with E-state index in [9.17, 15) is 9.90 Å². The van der Waals surface area contributed by atoms with Crippen LogP contribution in [0.5, 0.6) is 0 Å². The Morgan fingerprint density at radius 2 is 2.10 bits per heavy atom. The number of aliphatic hydroxyl groups excluding tert-OH is 2. The zero-order valence-corrected chi connectivity index (χ0v) is 11.9. The summed E-state index contributed by atoms with van der Waals surface area (Å²) in [5, 5.41) is 18.8. The van der Waals surface area contributed by atoms with Crippen LogP contribution in [0.3, 0.4) is 0 Å². The van der Waals surface area contributed by atoms with E-state index in [1.165, 1.54) is 0 Å². The average molecular weight is 290 g/mol. The van der Waals surface area contributed by atoms with Gasteiger partial charge in [-0.15, -0.1) is 0 Å². The van der Waals surface area contributed by atoms with E-state index in [0.29, 0.717) is 6.42 Å². The third kappa shape index (κ3) is 3.12. The molecule has 2 aliphatic heterocycles. The fourth-order valence-corrected chi connectivity index (χ4v) is 2.47. The Morgan fingerprint density at radius 1 is 1.40 bits per heavy atom. The third-order valence-corrected chi connectivity index (χ3v) is 3.31. The van der Waals surface area contributed by atoms with Gasteiger partial charge in [-0.05, 0) is 20.3 Å². The van der Waals surface area contributed by atoms with Crippen LogP contribution in [0.1, 0.15) is 33.6 Å². The Labute approximate surface area is 117 Å². The molecule has 0 aromatic rings. The minimum Gasteiger partial charge on any atom is -0.456 e. The minimum absolute atomic E-state index is 0.278. The molecule has 7 heteroatoms. The molecule has 7 nitrogen and oxygen atoms in total. The van der Waals surface area contributed by atoms with Crippen LogP contribution in [0.25, 0.3) is 0 Å². The average Bonchev–Trinajstić information content (AvgIpc) is 2.82. The normalized spacial score (nSPS) is 36.6. The fraction of sp³-hybridized carbons (Fsp3) is 0.923. The summed E-state index contributed by atoms with van der Waals surface area (Å²) in [4.78, 5) is 11.7. The van der Waals surface area contributed by atoms with Gasteiger partial charge in [-0.3, -0.25) is 4.79 Å². The van der Waals surface area contributed by atoms with E-state index in [0.717, 1.165) is 0 Å². The number of rotatable bonds is 5. The predicted octanol–water partition coefficient (Wildman–Crippen LogP) is -0.0721. The van der Waals surface area contributed by atoms with Crippen molar-refractivity contribution in [3.05, 3.63) is 0 Å². The molecule has 2 saturated heterocycles. The zero-order chi connectivity index (χ0) is 14.9. The van der Waals surface area contributed by atoms with E-state index in [-0.39, 0.29) is 12.4 Å². The quantitative estimate of drug-likeness (QED) is 0.684. The van der Waals surface area contributed by atoms with Gasteiger partial charge in [0.15, 0.2) is 24.3 Å². The van der Waals surface area contributed by atoms with E-state index >= 15 is 0 Å². The summed E-state index contributed by atoms with van der Waals surface area (Å²) < 4.78 is 22.1. The van der Waals surface area contributed by atoms with Crippen molar-refractivity contribution in [2.75, 3.05) is 6.61 Å². The SMILES string of the molecule is CCCC(=O)O[C@@H]1[C@H]2OC(C)(C)O[C@@H]2O[C@@H]1[C@H](O)CO. The first kappa shape index (κ1) is 15.7. The molecular formula is C13H22O7. The first-order valence-corrected chi connectivity index (χ1v) is 6.87. The molecule has 2 rings (SSSR count). The van der Waals surface area contributed by atoms with Crippen molar-refractivity contribution < 1.29 is 34.0 Å². The lowest BCUT2D eigenvalue weighted by molar-refractivity contribution is -0.231. The highest BCUT2D eigenvalue weighted by Crippen LogP contribution is 2.39. The smallest absolute Gasteiger partial charge is 0.306 e. The molecule has 0 unspecified atom stereocenters. The molecule has 0 saturated carbocycles. The molecule has 2 heterocycles. The van der Waals surface area contributed by atoms with Crippen molar-refractivity contribution >= 4 is 5.97 Å². The molecule has 5 atom stereocenters. The molecule has 0 aromatic carbocycles. The lowest BCUT2D eigenvalue weighted by Crippen LogP contribution is -2.45. The van der Waals surface area contributed by atoms with Crippen molar-refractivity contribution in [1.82, 2.24) is 0 Å². The van der Waals surface area contributed by atoms with Crippen LogP contribution in [0.4, 0.5) is 0 Å². The predicted molar refractivity (Wildman–Crippen MR) is 66.6 cm³/mol. The van der Waals surface area contributed by atoms with E-state index < -0.39 is 43.1 Å². The monoisotopic (exact) mass is 290 g/mol. The Hall–Kier alpha value is -0.730. The summed E-state index contributed by atoms with van der Waals surface area (Å²) in [6.45, 7) is 4.84. The van der Waals surface area contributed by atoms with Crippen LogP contribution in [-0.4, -0.2) is 59.3 Å². The number of aliphatic hydroxyl groups is 2. The van der Waals surface area contributed by atoms with Gasteiger partial charge in [0.2, 0.25) is 0 Å². The van der Waals surface area contributed by atoms with Crippen LogP contribution in [-0.2, 0) is 23.7 Å². The van der Waals surface area contributed by atoms with Crippen LogP contribution in [0.15, 0.2) is 0 Å². The molecule has 0 spiro atoms. The first-order chi connectivity index (χ1) is 9.38. The Kier molecular flexibility index (Phi) is 4.66. The van der Waals surface area contributed by atoms with Gasteiger partial charge in [0, 0.05) is 6.42 Å². The first-order valence-electron chi connectivity index (χ1n) is 6.87. The van der Waals surface area contributed by atoms with E-state index in [1.807, 2.05) is 6.92 Å². The molecule has 20 heavy (non-hydrogen) atoms. The lowest BCUT2D eigenvalue weighted by atomic mass is 10.1. The molecule has 0 amide bonds.